The van der Waals surface area contributed by atoms with Crippen LogP contribution in [0.1, 0.15) is 37.1 Å². The quantitative estimate of drug-likeness (QED) is 0.512. The summed E-state index contributed by atoms with van der Waals surface area (Å²) in [6.07, 6.45) is 1.20. The first-order valence-corrected chi connectivity index (χ1v) is 10.6. The minimum Gasteiger partial charge on any atom is -0.493 e. The molecule has 8 heteroatoms. The molecule has 0 spiro atoms. The molecule has 1 aliphatic heterocycles. The molecule has 7 nitrogen and oxygen atoms in total. The zero-order chi connectivity index (χ0) is 22.0. The summed E-state index contributed by atoms with van der Waals surface area (Å²) in [6, 6.07) is 11.2. The molecule has 162 valence electrons. The van der Waals surface area contributed by atoms with Gasteiger partial charge in [0.2, 0.25) is 17.6 Å². The van der Waals surface area contributed by atoms with Crippen molar-refractivity contribution in [3.63, 3.8) is 0 Å². The topological polar surface area (TPSA) is 77.7 Å². The van der Waals surface area contributed by atoms with Gasteiger partial charge in [-0.3, -0.25) is 4.79 Å². The molecule has 1 fully saturated rings. The highest BCUT2D eigenvalue weighted by Gasteiger charge is 2.36. The van der Waals surface area contributed by atoms with Crippen LogP contribution in [0.15, 0.2) is 40.9 Å². The Kier molecular flexibility index (Phi) is 6.13. The summed E-state index contributed by atoms with van der Waals surface area (Å²) in [5.74, 6) is 1.93. The highest BCUT2D eigenvalue weighted by atomic mass is 35.5. The van der Waals surface area contributed by atoms with Crippen LogP contribution in [0.2, 0.25) is 5.02 Å². The van der Waals surface area contributed by atoms with Gasteiger partial charge in [0.25, 0.3) is 0 Å². The Hall–Kier alpha value is -3.06. The second-order valence-corrected chi connectivity index (χ2v) is 7.94. The van der Waals surface area contributed by atoms with E-state index in [0.29, 0.717) is 53.5 Å². The molecule has 1 atom stereocenters. The fraction of sp³-hybridized carbons (Fsp3) is 0.348. The third-order valence-corrected chi connectivity index (χ3v) is 5.50. The summed E-state index contributed by atoms with van der Waals surface area (Å²) in [5.41, 5.74) is 2.49. The van der Waals surface area contributed by atoms with Crippen LogP contribution in [0, 0.1) is 6.92 Å². The Morgan fingerprint density at radius 3 is 2.81 bits per heavy atom. The summed E-state index contributed by atoms with van der Waals surface area (Å²) in [6.45, 7) is 5.06. The molecule has 31 heavy (non-hydrogen) atoms. The fourth-order valence-electron chi connectivity index (χ4n) is 3.59. The van der Waals surface area contributed by atoms with Gasteiger partial charge in [-0.25, -0.2) is 0 Å². The SMILES string of the molecule is CCCOc1ccc(-c2noc(C3CC(=O)N(c4ccc(C)cc4Cl)C3)n2)cc1OC. The van der Waals surface area contributed by atoms with Gasteiger partial charge in [0.1, 0.15) is 0 Å². The first kappa shape index (κ1) is 21.2. The molecule has 1 aliphatic rings. The fourth-order valence-corrected chi connectivity index (χ4v) is 3.93. The van der Waals surface area contributed by atoms with Crippen LogP contribution in [0.25, 0.3) is 11.4 Å². The van der Waals surface area contributed by atoms with Crippen LogP contribution < -0.4 is 14.4 Å². The van der Waals surface area contributed by atoms with E-state index in [-0.39, 0.29) is 11.8 Å². The normalized spacial score (nSPS) is 16.1. The molecule has 1 saturated heterocycles. The Morgan fingerprint density at radius 2 is 2.06 bits per heavy atom. The third-order valence-electron chi connectivity index (χ3n) is 5.19. The molecule has 1 amide bonds. The lowest BCUT2D eigenvalue weighted by atomic mass is 10.1. The van der Waals surface area contributed by atoms with E-state index in [1.54, 1.807) is 12.0 Å². The largest absolute Gasteiger partial charge is 0.493 e. The maximum absolute atomic E-state index is 12.6. The zero-order valence-electron chi connectivity index (χ0n) is 17.7. The number of aromatic nitrogens is 2. The standard InChI is InChI=1S/C23H24ClN3O4/c1-4-9-30-19-8-6-15(11-20(19)29-3)22-25-23(31-26-22)16-12-21(28)27(13-16)18-7-5-14(2)10-17(18)24/h5-8,10-11,16H,4,9,12-13H2,1-3H3. The van der Waals surface area contributed by atoms with Gasteiger partial charge in [0.05, 0.1) is 30.3 Å². The monoisotopic (exact) mass is 441 g/mol. The maximum Gasteiger partial charge on any atom is 0.232 e. The van der Waals surface area contributed by atoms with Crippen molar-refractivity contribution >= 4 is 23.2 Å². The molecule has 4 rings (SSSR count). The van der Waals surface area contributed by atoms with Gasteiger partial charge in [-0.15, -0.1) is 0 Å². The molecular formula is C23H24ClN3O4. The summed E-state index contributed by atoms with van der Waals surface area (Å²) in [7, 11) is 1.59. The van der Waals surface area contributed by atoms with Gasteiger partial charge in [0, 0.05) is 18.5 Å². The lowest BCUT2D eigenvalue weighted by Gasteiger charge is -2.18. The molecule has 2 heterocycles. The Morgan fingerprint density at radius 1 is 1.23 bits per heavy atom. The van der Waals surface area contributed by atoms with Gasteiger partial charge in [0.15, 0.2) is 11.5 Å². The number of rotatable bonds is 7. The predicted molar refractivity (Wildman–Crippen MR) is 118 cm³/mol. The van der Waals surface area contributed by atoms with Gasteiger partial charge in [-0.05, 0) is 49.2 Å². The number of hydrogen-bond donors (Lipinski definition) is 0. The summed E-state index contributed by atoms with van der Waals surface area (Å²) < 4.78 is 16.6. The van der Waals surface area contributed by atoms with Crippen molar-refractivity contribution in [2.45, 2.75) is 32.6 Å². The van der Waals surface area contributed by atoms with Gasteiger partial charge in [-0.1, -0.05) is 29.7 Å². The number of hydrogen-bond acceptors (Lipinski definition) is 6. The van der Waals surface area contributed by atoms with Crippen LogP contribution in [0.3, 0.4) is 0 Å². The Balaban J connectivity index is 1.53. The average Bonchev–Trinajstić information content (AvgIpc) is 3.39. The van der Waals surface area contributed by atoms with Gasteiger partial charge >= 0.3 is 0 Å². The summed E-state index contributed by atoms with van der Waals surface area (Å²) in [4.78, 5) is 18.8. The molecule has 0 N–H and O–H groups in total. The van der Waals surface area contributed by atoms with Crippen molar-refractivity contribution in [3.8, 4) is 22.9 Å². The highest BCUT2D eigenvalue weighted by Crippen LogP contribution is 2.36. The number of anilines is 1. The van der Waals surface area contributed by atoms with E-state index in [4.69, 9.17) is 25.6 Å². The smallest absolute Gasteiger partial charge is 0.232 e. The summed E-state index contributed by atoms with van der Waals surface area (Å²) >= 11 is 6.36. The Bertz CT molecular complexity index is 1100. The van der Waals surface area contributed by atoms with E-state index in [1.165, 1.54) is 0 Å². The number of aryl methyl sites for hydroxylation is 1. The lowest BCUT2D eigenvalue weighted by molar-refractivity contribution is -0.117. The first-order valence-electron chi connectivity index (χ1n) is 10.2. The van der Waals surface area contributed by atoms with Crippen LogP contribution in [-0.4, -0.2) is 36.3 Å². The third kappa shape index (κ3) is 4.37. The van der Waals surface area contributed by atoms with Crippen molar-refractivity contribution in [2.24, 2.45) is 0 Å². The van der Waals surface area contributed by atoms with E-state index in [9.17, 15) is 4.79 Å². The number of nitrogens with zero attached hydrogens (tertiary/aromatic N) is 3. The van der Waals surface area contributed by atoms with Crippen LogP contribution >= 0.6 is 11.6 Å². The molecule has 1 aromatic heterocycles. The van der Waals surface area contributed by atoms with Crippen LogP contribution in [0.4, 0.5) is 5.69 Å². The zero-order valence-corrected chi connectivity index (χ0v) is 18.5. The second-order valence-electron chi connectivity index (χ2n) is 7.53. The van der Waals surface area contributed by atoms with Crippen LogP contribution in [0.5, 0.6) is 11.5 Å². The van der Waals surface area contributed by atoms with E-state index >= 15 is 0 Å². The number of amides is 1. The molecule has 0 saturated carbocycles. The van der Waals surface area contributed by atoms with Crippen molar-refractivity contribution in [2.75, 3.05) is 25.2 Å². The number of methoxy groups -OCH3 is 1. The minimum atomic E-state index is -0.194. The van der Waals surface area contributed by atoms with E-state index in [0.717, 1.165) is 17.5 Å². The van der Waals surface area contributed by atoms with Crippen molar-refractivity contribution in [1.29, 1.82) is 0 Å². The molecule has 1 unspecified atom stereocenters. The van der Waals surface area contributed by atoms with Crippen molar-refractivity contribution in [1.82, 2.24) is 10.1 Å². The number of halogens is 1. The summed E-state index contributed by atoms with van der Waals surface area (Å²) in [5, 5.41) is 4.67. The molecular weight excluding hydrogens is 418 g/mol. The lowest BCUT2D eigenvalue weighted by Crippen LogP contribution is -2.24. The Labute approximate surface area is 185 Å². The van der Waals surface area contributed by atoms with E-state index in [2.05, 4.69) is 10.1 Å². The van der Waals surface area contributed by atoms with E-state index < -0.39 is 0 Å². The van der Waals surface area contributed by atoms with E-state index in [1.807, 2.05) is 50.2 Å². The maximum atomic E-state index is 12.6. The molecule has 0 bridgehead atoms. The predicted octanol–water partition coefficient (Wildman–Crippen LogP) is 5.02. The average molecular weight is 442 g/mol. The molecule has 0 radical (unpaired) electrons. The number of ether oxygens (including phenoxy) is 2. The second kappa shape index (κ2) is 8.98. The van der Waals surface area contributed by atoms with Crippen molar-refractivity contribution < 1.29 is 18.8 Å². The number of carbonyl (C=O) groups is 1. The van der Waals surface area contributed by atoms with Gasteiger partial charge in [-0.2, -0.15) is 4.98 Å². The molecule has 3 aromatic rings. The van der Waals surface area contributed by atoms with Crippen molar-refractivity contribution in [3.05, 3.63) is 52.9 Å². The molecule has 2 aromatic carbocycles. The number of benzene rings is 2. The molecule has 0 aliphatic carbocycles. The highest BCUT2D eigenvalue weighted by molar-refractivity contribution is 6.34. The number of carbonyl (C=O) groups excluding carboxylic acids is 1. The minimum absolute atomic E-state index is 0.0189. The first-order chi connectivity index (χ1) is 15.0. The van der Waals surface area contributed by atoms with Crippen LogP contribution in [-0.2, 0) is 4.79 Å². The van der Waals surface area contributed by atoms with Gasteiger partial charge < -0.3 is 18.9 Å².